The number of ether oxygens (including phenoxy) is 2. The molecule has 186 valence electrons. The normalized spacial score (nSPS) is 15.8. The Hall–Kier alpha value is -4.14. The SMILES string of the molecule is Cc1cc2c(cc1C)C(Cl)C(=Cc1c(O)n(-c3ccc(Oc4ccccc4)cc3)c(=S)[nH]c1=O)C(=N)O2. The molecule has 7 nitrogen and oxygen atoms in total. The average molecular weight is 532 g/mol. The quantitative estimate of drug-likeness (QED) is 0.200. The van der Waals surface area contributed by atoms with Gasteiger partial charge in [0.1, 0.15) is 22.8 Å². The lowest BCUT2D eigenvalue weighted by Crippen LogP contribution is -2.22. The molecule has 0 aliphatic carbocycles. The summed E-state index contributed by atoms with van der Waals surface area (Å²) in [4.78, 5) is 15.4. The van der Waals surface area contributed by atoms with Gasteiger partial charge < -0.3 is 14.6 Å². The van der Waals surface area contributed by atoms with E-state index in [-0.39, 0.29) is 27.7 Å². The summed E-state index contributed by atoms with van der Waals surface area (Å²) in [5.41, 5.74) is 2.76. The minimum atomic E-state index is -0.750. The summed E-state index contributed by atoms with van der Waals surface area (Å²) >= 11 is 12.1. The first-order valence-corrected chi connectivity index (χ1v) is 12.2. The Labute approximate surface area is 222 Å². The van der Waals surface area contributed by atoms with Gasteiger partial charge in [-0.1, -0.05) is 24.3 Å². The summed E-state index contributed by atoms with van der Waals surface area (Å²) < 4.78 is 12.9. The first-order chi connectivity index (χ1) is 17.7. The van der Waals surface area contributed by atoms with Crippen LogP contribution in [-0.2, 0) is 0 Å². The third-order valence-corrected chi connectivity index (χ3v) is 6.90. The molecule has 4 aromatic rings. The molecule has 5 rings (SSSR count). The van der Waals surface area contributed by atoms with E-state index in [1.807, 2.05) is 56.3 Å². The Balaban J connectivity index is 1.54. The Kier molecular flexibility index (Phi) is 6.45. The molecule has 3 N–H and O–H groups in total. The number of nitrogens with zero attached hydrogens (tertiary/aromatic N) is 1. The number of aryl methyl sites for hydroxylation is 2. The van der Waals surface area contributed by atoms with Crippen LogP contribution in [0.15, 0.2) is 77.1 Å². The number of H-pyrrole nitrogens is 1. The number of halogens is 1. The van der Waals surface area contributed by atoms with Crippen molar-refractivity contribution in [1.29, 1.82) is 5.41 Å². The highest BCUT2D eigenvalue weighted by Crippen LogP contribution is 2.42. The Morgan fingerprint density at radius 3 is 2.43 bits per heavy atom. The topological polar surface area (TPSA) is 100 Å². The van der Waals surface area contributed by atoms with Gasteiger partial charge in [-0.3, -0.25) is 19.8 Å². The molecule has 3 aromatic carbocycles. The van der Waals surface area contributed by atoms with Gasteiger partial charge in [0.05, 0.1) is 11.1 Å². The fraction of sp³-hybridized carbons (Fsp3) is 0.107. The van der Waals surface area contributed by atoms with Crippen LogP contribution in [0.2, 0.25) is 0 Å². The highest BCUT2D eigenvalue weighted by Gasteiger charge is 2.30. The van der Waals surface area contributed by atoms with E-state index >= 15 is 0 Å². The van der Waals surface area contributed by atoms with Gasteiger partial charge in [-0.25, -0.2) is 0 Å². The fourth-order valence-electron chi connectivity index (χ4n) is 4.04. The smallest absolute Gasteiger partial charge is 0.262 e. The lowest BCUT2D eigenvalue weighted by Gasteiger charge is -2.26. The van der Waals surface area contributed by atoms with Crippen LogP contribution in [0.3, 0.4) is 0 Å². The van der Waals surface area contributed by atoms with Crippen LogP contribution in [0.5, 0.6) is 23.1 Å². The molecule has 0 spiro atoms. The van der Waals surface area contributed by atoms with E-state index in [1.165, 1.54) is 10.6 Å². The van der Waals surface area contributed by atoms with E-state index in [9.17, 15) is 9.90 Å². The molecule has 0 radical (unpaired) electrons. The van der Waals surface area contributed by atoms with Gasteiger partial charge in [0.2, 0.25) is 11.8 Å². The third kappa shape index (κ3) is 4.69. The van der Waals surface area contributed by atoms with Gasteiger partial charge in [-0.15, -0.1) is 11.6 Å². The van der Waals surface area contributed by atoms with Crippen molar-refractivity contribution < 1.29 is 14.6 Å². The van der Waals surface area contributed by atoms with Crippen molar-refractivity contribution in [3.63, 3.8) is 0 Å². The van der Waals surface area contributed by atoms with Crippen molar-refractivity contribution in [1.82, 2.24) is 9.55 Å². The molecule has 37 heavy (non-hydrogen) atoms. The van der Waals surface area contributed by atoms with Gasteiger partial charge in [-0.2, -0.15) is 0 Å². The lowest BCUT2D eigenvalue weighted by atomic mass is 9.95. The maximum atomic E-state index is 12.8. The first-order valence-electron chi connectivity index (χ1n) is 11.4. The molecule has 1 unspecified atom stereocenters. The molecule has 0 amide bonds. The number of aromatic nitrogens is 2. The molecule has 0 fully saturated rings. The van der Waals surface area contributed by atoms with E-state index in [1.54, 1.807) is 24.3 Å². The van der Waals surface area contributed by atoms with Crippen LogP contribution in [0.25, 0.3) is 11.8 Å². The van der Waals surface area contributed by atoms with Crippen molar-refractivity contribution in [2.45, 2.75) is 19.2 Å². The third-order valence-electron chi connectivity index (χ3n) is 6.14. The number of nitrogens with one attached hydrogen (secondary N) is 2. The fourth-order valence-corrected chi connectivity index (χ4v) is 4.66. The molecule has 1 aliphatic rings. The number of benzene rings is 3. The number of alkyl halides is 1. The molecule has 9 heteroatoms. The van der Waals surface area contributed by atoms with Crippen molar-refractivity contribution in [3.8, 4) is 28.8 Å². The minimum Gasteiger partial charge on any atom is -0.494 e. The van der Waals surface area contributed by atoms with Crippen LogP contribution < -0.4 is 15.0 Å². The van der Waals surface area contributed by atoms with Crippen molar-refractivity contribution in [3.05, 3.63) is 110 Å². The molecule has 1 aromatic heterocycles. The van der Waals surface area contributed by atoms with E-state index in [0.29, 0.717) is 28.5 Å². The van der Waals surface area contributed by atoms with E-state index in [4.69, 9.17) is 38.7 Å². The number of para-hydroxylation sites is 1. The number of fused-ring (bicyclic) bond motifs is 1. The van der Waals surface area contributed by atoms with E-state index in [0.717, 1.165) is 11.1 Å². The highest BCUT2D eigenvalue weighted by molar-refractivity contribution is 7.71. The summed E-state index contributed by atoms with van der Waals surface area (Å²) in [6.45, 7) is 3.91. The van der Waals surface area contributed by atoms with Crippen LogP contribution in [-0.4, -0.2) is 20.6 Å². The number of hydrogen-bond acceptors (Lipinski definition) is 6. The zero-order valence-electron chi connectivity index (χ0n) is 19.9. The van der Waals surface area contributed by atoms with Crippen LogP contribution in [0, 0.1) is 24.0 Å². The predicted octanol–water partition coefficient (Wildman–Crippen LogP) is 6.74. The van der Waals surface area contributed by atoms with Crippen LogP contribution in [0.4, 0.5) is 0 Å². The zero-order valence-corrected chi connectivity index (χ0v) is 21.5. The number of aromatic amines is 1. The van der Waals surface area contributed by atoms with Gasteiger partial charge in [0, 0.05) is 11.1 Å². The summed E-state index contributed by atoms with van der Waals surface area (Å²) in [6, 6.07) is 19.9. The van der Waals surface area contributed by atoms with Gasteiger partial charge in [0.25, 0.3) is 5.56 Å². The maximum Gasteiger partial charge on any atom is 0.262 e. The summed E-state index contributed by atoms with van der Waals surface area (Å²) in [6.07, 6.45) is 1.37. The number of hydrogen-bond donors (Lipinski definition) is 3. The van der Waals surface area contributed by atoms with Crippen molar-refractivity contribution in [2.75, 3.05) is 0 Å². The highest BCUT2D eigenvalue weighted by atomic mass is 35.5. The van der Waals surface area contributed by atoms with Gasteiger partial charge in [-0.05, 0) is 85.7 Å². The second-order valence-corrected chi connectivity index (χ2v) is 9.43. The predicted molar refractivity (Wildman–Crippen MR) is 146 cm³/mol. The maximum absolute atomic E-state index is 12.8. The molecule has 0 bridgehead atoms. The molecule has 0 saturated heterocycles. The largest absolute Gasteiger partial charge is 0.494 e. The van der Waals surface area contributed by atoms with Gasteiger partial charge in [0.15, 0.2) is 4.77 Å². The second-order valence-electron chi connectivity index (χ2n) is 8.61. The van der Waals surface area contributed by atoms with E-state index < -0.39 is 10.9 Å². The number of aromatic hydroxyl groups is 1. The lowest BCUT2D eigenvalue weighted by molar-refractivity contribution is 0.431. The Bertz CT molecular complexity index is 1680. The summed E-state index contributed by atoms with van der Waals surface area (Å²) in [5, 5.41) is 18.8. The molecule has 1 atom stereocenters. The summed E-state index contributed by atoms with van der Waals surface area (Å²) in [5.74, 6) is 1.19. The standard InChI is InChI=1S/C28H22ClN3O4S/c1-15-12-20-23(13-16(15)2)36-25(30)21(24(20)29)14-22-26(33)31-28(37)32(27(22)34)17-8-10-19(11-9-17)35-18-6-4-3-5-7-18/h3-14,24,30,34H,1-2H3,(H,31,33,37). The second kappa shape index (κ2) is 9.72. The monoisotopic (exact) mass is 531 g/mol. The van der Waals surface area contributed by atoms with Crippen LogP contribution in [0.1, 0.15) is 27.6 Å². The molecular weight excluding hydrogens is 510 g/mol. The van der Waals surface area contributed by atoms with Crippen molar-refractivity contribution in [2.24, 2.45) is 0 Å². The van der Waals surface area contributed by atoms with Gasteiger partial charge >= 0.3 is 0 Å². The summed E-state index contributed by atoms with van der Waals surface area (Å²) in [7, 11) is 0. The first kappa shape index (κ1) is 24.5. The molecule has 1 aliphatic heterocycles. The zero-order chi connectivity index (χ0) is 26.3. The molecule has 0 saturated carbocycles. The molecule has 2 heterocycles. The van der Waals surface area contributed by atoms with Crippen molar-refractivity contribution >= 4 is 35.8 Å². The minimum absolute atomic E-state index is 0.00946. The van der Waals surface area contributed by atoms with E-state index in [2.05, 4.69) is 4.98 Å². The number of rotatable bonds is 4. The van der Waals surface area contributed by atoms with Crippen LogP contribution >= 0.6 is 23.8 Å². The molecular formula is C28H22ClN3O4S. The Morgan fingerprint density at radius 2 is 1.73 bits per heavy atom. The Morgan fingerprint density at radius 1 is 1.08 bits per heavy atom. The average Bonchev–Trinajstić information content (AvgIpc) is 2.86.